The van der Waals surface area contributed by atoms with Gasteiger partial charge in [-0.15, -0.1) is 13.2 Å². The zero-order valence-corrected chi connectivity index (χ0v) is 13.2. The number of sulfonamides is 1. The second kappa shape index (κ2) is 7.62. The van der Waals surface area contributed by atoms with Crippen molar-refractivity contribution < 1.29 is 8.42 Å². The van der Waals surface area contributed by atoms with Crippen molar-refractivity contribution in [2.75, 3.05) is 13.1 Å². The normalized spacial score (nSPS) is 11.5. The number of hydrogen-bond acceptors (Lipinski definition) is 2. The maximum atomic E-state index is 12.6. The second-order valence-corrected chi connectivity index (χ2v) is 6.77. The highest BCUT2D eigenvalue weighted by molar-refractivity contribution is 9.10. The van der Waals surface area contributed by atoms with Crippen LogP contribution in [0.25, 0.3) is 0 Å². The SMILES string of the molecule is C=CCCCN(CC=C)S(=O)(=O)c1ccccc1Br. The van der Waals surface area contributed by atoms with E-state index in [9.17, 15) is 8.42 Å². The summed E-state index contributed by atoms with van der Waals surface area (Å²) in [6, 6.07) is 6.83. The zero-order chi connectivity index (χ0) is 14.3. The first kappa shape index (κ1) is 16.1. The second-order valence-electron chi connectivity index (χ2n) is 4.01. The lowest BCUT2D eigenvalue weighted by Gasteiger charge is -2.21. The minimum atomic E-state index is -3.49. The highest BCUT2D eigenvalue weighted by Crippen LogP contribution is 2.24. The van der Waals surface area contributed by atoms with Crippen LogP contribution >= 0.6 is 15.9 Å². The molecule has 0 aliphatic heterocycles. The minimum absolute atomic E-state index is 0.287. The van der Waals surface area contributed by atoms with Crippen LogP contribution in [0.3, 0.4) is 0 Å². The van der Waals surface area contributed by atoms with Gasteiger partial charge in [-0.25, -0.2) is 8.42 Å². The molecule has 0 N–H and O–H groups in total. The molecule has 0 aromatic heterocycles. The highest BCUT2D eigenvalue weighted by Gasteiger charge is 2.24. The third kappa shape index (κ3) is 4.30. The van der Waals surface area contributed by atoms with E-state index < -0.39 is 10.0 Å². The Morgan fingerprint density at radius 1 is 1.21 bits per heavy atom. The van der Waals surface area contributed by atoms with Crippen LogP contribution in [-0.4, -0.2) is 25.8 Å². The van der Waals surface area contributed by atoms with Gasteiger partial charge in [0.15, 0.2) is 0 Å². The number of hydrogen-bond donors (Lipinski definition) is 0. The molecular weight excluding hydrogens is 326 g/mol. The monoisotopic (exact) mass is 343 g/mol. The molecule has 0 saturated carbocycles. The number of nitrogens with zero attached hydrogens (tertiary/aromatic N) is 1. The number of allylic oxidation sites excluding steroid dienone is 1. The van der Waals surface area contributed by atoms with E-state index in [0.717, 1.165) is 12.8 Å². The Bertz CT molecular complexity index is 540. The van der Waals surface area contributed by atoms with Crippen LogP contribution in [0.1, 0.15) is 12.8 Å². The number of rotatable bonds is 8. The van der Waals surface area contributed by atoms with Crippen molar-refractivity contribution in [2.45, 2.75) is 17.7 Å². The molecule has 19 heavy (non-hydrogen) atoms. The summed E-state index contributed by atoms with van der Waals surface area (Å²) in [6.07, 6.45) is 4.93. The molecule has 1 aromatic carbocycles. The summed E-state index contributed by atoms with van der Waals surface area (Å²) in [4.78, 5) is 0.287. The molecule has 3 nitrogen and oxygen atoms in total. The highest BCUT2D eigenvalue weighted by atomic mass is 79.9. The van der Waals surface area contributed by atoms with Gasteiger partial charge in [0.2, 0.25) is 10.0 Å². The Labute approximate surface area is 123 Å². The van der Waals surface area contributed by atoms with Gasteiger partial charge in [0.1, 0.15) is 0 Å². The quantitative estimate of drug-likeness (QED) is 0.534. The number of halogens is 1. The molecule has 0 atom stereocenters. The molecule has 0 fully saturated rings. The van der Waals surface area contributed by atoms with E-state index in [1.54, 1.807) is 36.4 Å². The molecule has 104 valence electrons. The van der Waals surface area contributed by atoms with Gasteiger partial charge in [-0.05, 0) is 40.9 Å². The van der Waals surface area contributed by atoms with Gasteiger partial charge in [0.05, 0.1) is 4.90 Å². The van der Waals surface area contributed by atoms with Crippen molar-refractivity contribution in [1.29, 1.82) is 0 Å². The molecule has 0 bridgehead atoms. The lowest BCUT2D eigenvalue weighted by atomic mass is 10.3. The Morgan fingerprint density at radius 2 is 1.89 bits per heavy atom. The molecule has 0 aliphatic carbocycles. The molecule has 0 heterocycles. The zero-order valence-electron chi connectivity index (χ0n) is 10.8. The molecule has 1 rings (SSSR count). The van der Waals surface area contributed by atoms with Crippen molar-refractivity contribution in [2.24, 2.45) is 0 Å². The van der Waals surface area contributed by atoms with Gasteiger partial charge >= 0.3 is 0 Å². The van der Waals surface area contributed by atoms with Gasteiger partial charge in [0, 0.05) is 17.6 Å². The fourth-order valence-electron chi connectivity index (χ4n) is 1.66. The maximum absolute atomic E-state index is 12.6. The Balaban J connectivity index is 3.02. The summed E-state index contributed by atoms with van der Waals surface area (Å²) in [6.45, 7) is 8.03. The Morgan fingerprint density at radius 3 is 2.47 bits per heavy atom. The summed E-state index contributed by atoms with van der Waals surface area (Å²) < 4.78 is 27.1. The van der Waals surface area contributed by atoms with E-state index in [1.165, 1.54) is 4.31 Å². The average Bonchev–Trinajstić information content (AvgIpc) is 2.38. The third-order valence-electron chi connectivity index (χ3n) is 2.60. The van der Waals surface area contributed by atoms with Crippen molar-refractivity contribution in [3.63, 3.8) is 0 Å². The third-order valence-corrected chi connectivity index (χ3v) is 5.48. The number of unbranched alkanes of at least 4 members (excludes halogenated alkanes) is 1. The first-order chi connectivity index (χ1) is 9.04. The first-order valence-electron chi connectivity index (χ1n) is 6.00. The van der Waals surface area contributed by atoms with Crippen LogP contribution in [-0.2, 0) is 10.0 Å². The lowest BCUT2D eigenvalue weighted by molar-refractivity contribution is 0.436. The van der Waals surface area contributed by atoms with Crippen molar-refractivity contribution >= 4 is 26.0 Å². The van der Waals surface area contributed by atoms with Crippen LogP contribution in [0.2, 0.25) is 0 Å². The molecule has 0 radical (unpaired) electrons. The van der Waals surface area contributed by atoms with E-state index in [-0.39, 0.29) is 4.90 Å². The van der Waals surface area contributed by atoms with Crippen LogP contribution in [0.5, 0.6) is 0 Å². The van der Waals surface area contributed by atoms with E-state index in [4.69, 9.17) is 0 Å². The molecule has 0 amide bonds. The average molecular weight is 344 g/mol. The summed E-state index contributed by atoms with van der Waals surface area (Å²) in [5.41, 5.74) is 0. The first-order valence-corrected chi connectivity index (χ1v) is 8.23. The molecular formula is C14H18BrNO2S. The molecule has 0 unspecified atom stereocenters. The predicted octanol–water partition coefficient (Wildman–Crippen LogP) is 3.59. The molecule has 1 aromatic rings. The van der Waals surface area contributed by atoms with Gasteiger partial charge in [-0.2, -0.15) is 4.31 Å². The topological polar surface area (TPSA) is 37.4 Å². The van der Waals surface area contributed by atoms with Crippen LogP contribution in [0.15, 0.2) is 58.9 Å². The van der Waals surface area contributed by atoms with E-state index in [2.05, 4.69) is 29.1 Å². The Hall–Kier alpha value is -0.910. The van der Waals surface area contributed by atoms with E-state index in [0.29, 0.717) is 17.6 Å². The standard InChI is InChI=1S/C14H18BrNO2S/c1-3-5-8-12-16(11-4-2)19(17,18)14-10-7-6-9-13(14)15/h3-4,6-7,9-10H,1-2,5,8,11-12H2. The van der Waals surface area contributed by atoms with Crippen LogP contribution in [0.4, 0.5) is 0 Å². The van der Waals surface area contributed by atoms with Crippen molar-refractivity contribution in [3.8, 4) is 0 Å². The van der Waals surface area contributed by atoms with Gasteiger partial charge in [-0.1, -0.05) is 24.3 Å². The molecule has 5 heteroatoms. The lowest BCUT2D eigenvalue weighted by Crippen LogP contribution is -2.32. The molecule has 0 spiro atoms. The maximum Gasteiger partial charge on any atom is 0.244 e. The summed E-state index contributed by atoms with van der Waals surface area (Å²) in [5, 5.41) is 0. The smallest absolute Gasteiger partial charge is 0.207 e. The number of benzene rings is 1. The van der Waals surface area contributed by atoms with Crippen LogP contribution in [0, 0.1) is 0 Å². The summed E-state index contributed by atoms with van der Waals surface area (Å²) >= 11 is 3.29. The minimum Gasteiger partial charge on any atom is -0.207 e. The van der Waals surface area contributed by atoms with Crippen LogP contribution < -0.4 is 0 Å². The molecule has 0 saturated heterocycles. The summed E-state index contributed by atoms with van der Waals surface area (Å²) in [7, 11) is -3.49. The van der Waals surface area contributed by atoms with E-state index in [1.807, 2.05) is 0 Å². The Kier molecular flexibility index (Phi) is 6.48. The molecule has 0 aliphatic rings. The summed E-state index contributed by atoms with van der Waals surface area (Å²) in [5.74, 6) is 0. The van der Waals surface area contributed by atoms with Gasteiger partial charge < -0.3 is 0 Å². The van der Waals surface area contributed by atoms with Gasteiger partial charge in [0.25, 0.3) is 0 Å². The fraction of sp³-hybridized carbons (Fsp3) is 0.286. The van der Waals surface area contributed by atoms with E-state index >= 15 is 0 Å². The largest absolute Gasteiger partial charge is 0.244 e. The van der Waals surface area contributed by atoms with Gasteiger partial charge in [-0.3, -0.25) is 0 Å². The van der Waals surface area contributed by atoms with Crippen molar-refractivity contribution in [1.82, 2.24) is 4.31 Å². The van der Waals surface area contributed by atoms with Crippen molar-refractivity contribution in [3.05, 3.63) is 54.0 Å². The fourth-order valence-corrected chi connectivity index (χ4v) is 4.07. The predicted molar refractivity (Wildman–Crippen MR) is 82.5 cm³/mol.